The summed E-state index contributed by atoms with van der Waals surface area (Å²) in [6.45, 7) is 0.505. The molecular weight excluding hydrogens is 232 g/mol. The molecule has 1 amide bonds. The Morgan fingerprint density at radius 1 is 1.59 bits per heavy atom. The number of nitrogens with zero attached hydrogens (tertiary/aromatic N) is 1. The Hall–Kier alpha value is -1.47. The first-order valence-electron chi connectivity index (χ1n) is 5.68. The fraction of sp³-hybridized carbons (Fsp3) is 0.385. The van der Waals surface area contributed by atoms with Gasteiger partial charge in [0.25, 0.3) is 0 Å². The Morgan fingerprint density at radius 2 is 2.47 bits per heavy atom. The number of nitriles is 1. The second kappa shape index (κ2) is 5.74. The Bertz CT molecular complexity index is 447. The molecule has 1 atom stereocenters. The zero-order chi connectivity index (χ0) is 12.1. The summed E-state index contributed by atoms with van der Waals surface area (Å²) in [5.41, 5.74) is 1.60. The average Bonchev–Trinajstić information content (AvgIpc) is 2.90. The van der Waals surface area contributed by atoms with Gasteiger partial charge < -0.3 is 5.32 Å². The monoisotopic (exact) mass is 246 g/mol. The van der Waals surface area contributed by atoms with Gasteiger partial charge in [0.1, 0.15) is 0 Å². The molecule has 0 aromatic heterocycles. The van der Waals surface area contributed by atoms with Gasteiger partial charge in [-0.2, -0.15) is 5.26 Å². The number of rotatable bonds is 3. The second-order valence-corrected chi connectivity index (χ2v) is 5.34. The number of amides is 1. The molecule has 0 radical (unpaired) electrons. The molecule has 1 aromatic rings. The molecule has 1 saturated heterocycles. The Kier molecular flexibility index (Phi) is 4.05. The molecule has 4 heteroatoms. The number of benzene rings is 1. The van der Waals surface area contributed by atoms with Crippen molar-refractivity contribution in [2.75, 3.05) is 5.75 Å². The van der Waals surface area contributed by atoms with E-state index in [2.05, 4.69) is 11.4 Å². The molecular formula is C13H14N2OS. The molecule has 0 saturated carbocycles. The summed E-state index contributed by atoms with van der Waals surface area (Å²) < 4.78 is 0. The zero-order valence-corrected chi connectivity index (χ0v) is 10.3. The Labute approximate surface area is 105 Å². The van der Waals surface area contributed by atoms with Crippen LogP contribution in [-0.4, -0.2) is 16.9 Å². The van der Waals surface area contributed by atoms with Crippen LogP contribution in [-0.2, 0) is 11.3 Å². The topological polar surface area (TPSA) is 52.9 Å². The molecule has 0 bridgehead atoms. The normalized spacial score (nSPS) is 18.6. The van der Waals surface area contributed by atoms with Crippen LogP contribution >= 0.6 is 11.8 Å². The van der Waals surface area contributed by atoms with Crippen LogP contribution in [0.1, 0.15) is 24.0 Å². The molecule has 0 aliphatic carbocycles. The van der Waals surface area contributed by atoms with Crippen LogP contribution in [0.4, 0.5) is 0 Å². The third-order valence-electron chi connectivity index (χ3n) is 2.74. The predicted molar refractivity (Wildman–Crippen MR) is 68.5 cm³/mol. The summed E-state index contributed by atoms with van der Waals surface area (Å²) in [6, 6.07) is 9.42. The second-order valence-electron chi connectivity index (χ2n) is 4.03. The lowest BCUT2D eigenvalue weighted by molar-refractivity contribution is -0.120. The number of carbonyl (C=O) groups is 1. The fourth-order valence-corrected chi connectivity index (χ4v) is 3.02. The van der Waals surface area contributed by atoms with Crippen molar-refractivity contribution in [1.29, 1.82) is 5.26 Å². The molecule has 1 fully saturated rings. The highest BCUT2D eigenvalue weighted by Gasteiger charge is 2.22. The van der Waals surface area contributed by atoms with Crippen LogP contribution in [0.3, 0.4) is 0 Å². The summed E-state index contributed by atoms with van der Waals surface area (Å²) in [5.74, 6) is 1.21. The summed E-state index contributed by atoms with van der Waals surface area (Å²) >= 11 is 1.73. The highest BCUT2D eigenvalue weighted by Crippen LogP contribution is 2.26. The minimum Gasteiger partial charge on any atom is -0.351 e. The van der Waals surface area contributed by atoms with Gasteiger partial charge in [-0.1, -0.05) is 12.1 Å². The van der Waals surface area contributed by atoms with Gasteiger partial charge in [-0.05, 0) is 36.3 Å². The lowest BCUT2D eigenvalue weighted by atomic mass is 10.1. The lowest BCUT2D eigenvalue weighted by Gasteiger charge is -2.09. The van der Waals surface area contributed by atoms with Crippen molar-refractivity contribution in [3.05, 3.63) is 35.4 Å². The fourth-order valence-electron chi connectivity index (χ4n) is 1.84. The van der Waals surface area contributed by atoms with E-state index in [4.69, 9.17) is 5.26 Å². The van der Waals surface area contributed by atoms with Crippen molar-refractivity contribution < 1.29 is 4.79 Å². The third kappa shape index (κ3) is 3.24. The molecule has 3 nitrogen and oxygen atoms in total. The first-order valence-corrected chi connectivity index (χ1v) is 6.73. The van der Waals surface area contributed by atoms with Gasteiger partial charge in [0.15, 0.2) is 0 Å². The van der Waals surface area contributed by atoms with Crippen molar-refractivity contribution >= 4 is 17.7 Å². The van der Waals surface area contributed by atoms with E-state index in [1.807, 2.05) is 18.2 Å². The molecule has 1 unspecified atom stereocenters. The van der Waals surface area contributed by atoms with E-state index in [9.17, 15) is 4.79 Å². The van der Waals surface area contributed by atoms with E-state index in [1.54, 1.807) is 17.8 Å². The minimum absolute atomic E-state index is 0.120. The van der Waals surface area contributed by atoms with Gasteiger partial charge >= 0.3 is 0 Å². The van der Waals surface area contributed by atoms with Crippen LogP contribution in [0.2, 0.25) is 0 Å². The predicted octanol–water partition coefficient (Wildman–Crippen LogP) is 2.07. The van der Waals surface area contributed by atoms with E-state index >= 15 is 0 Å². The smallest absolute Gasteiger partial charge is 0.233 e. The average molecular weight is 246 g/mol. The van der Waals surface area contributed by atoms with Crippen LogP contribution in [0, 0.1) is 11.3 Å². The standard InChI is InChI=1S/C13H14N2OS/c14-8-10-3-1-4-11(7-10)9-15-13(16)12-5-2-6-17-12/h1,3-4,7,12H,2,5-6,9H2,(H,15,16). The Morgan fingerprint density at radius 3 is 3.18 bits per heavy atom. The largest absolute Gasteiger partial charge is 0.351 e. The summed E-state index contributed by atoms with van der Waals surface area (Å²) in [5, 5.41) is 11.8. The van der Waals surface area contributed by atoms with Gasteiger partial charge in [0, 0.05) is 6.54 Å². The van der Waals surface area contributed by atoms with Crippen LogP contribution in [0.15, 0.2) is 24.3 Å². The maximum absolute atomic E-state index is 11.8. The van der Waals surface area contributed by atoms with Crippen LogP contribution < -0.4 is 5.32 Å². The first kappa shape index (κ1) is 12.0. The molecule has 1 N–H and O–H groups in total. The van der Waals surface area contributed by atoms with Crippen LogP contribution in [0.5, 0.6) is 0 Å². The maximum Gasteiger partial charge on any atom is 0.233 e. The molecule has 1 aliphatic rings. The molecule has 0 spiro atoms. The van der Waals surface area contributed by atoms with Gasteiger partial charge in [-0.15, -0.1) is 11.8 Å². The summed E-state index contributed by atoms with van der Waals surface area (Å²) in [4.78, 5) is 11.8. The van der Waals surface area contributed by atoms with Gasteiger partial charge in [0.05, 0.1) is 16.9 Å². The molecule has 1 aromatic carbocycles. The van der Waals surface area contributed by atoms with E-state index in [0.29, 0.717) is 12.1 Å². The van der Waals surface area contributed by atoms with E-state index in [0.717, 1.165) is 24.2 Å². The van der Waals surface area contributed by atoms with E-state index in [-0.39, 0.29) is 11.2 Å². The third-order valence-corrected chi connectivity index (χ3v) is 4.12. The van der Waals surface area contributed by atoms with E-state index < -0.39 is 0 Å². The van der Waals surface area contributed by atoms with Gasteiger partial charge in [-0.3, -0.25) is 4.79 Å². The van der Waals surface area contributed by atoms with E-state index in [1.165, 1.54) is 0 Å². The van der Waals surface area contributed by atoms with Crippen molar-refractivity contribution in [2.24, 2.45) is 0 Å². The molecule has 2 rings (SSSR count). The Balaban J connectivity index is 1.88. The molecule has 1 heterocycles. The van der Waals surface area contributed by atoms with Crippen LogP contribution in [0.25, 0.3) is 0 Å². The lowest BCUT2D eigenvalue weighted by Crippen LogP contribution is -2.30. The van der Waals surface area contributed by atoms with Gasteiger partial charge in [0.2, 0.25) is 5.91 Å². The van der Waals surface area contributed by atoms with Crippen molar-refractivity contribution in [3.63, 3.8) is 0 Å². The van der Waals surface area contributed by atoms with Gasteiger partial charge in [-0.25, -0.2) is 0 Å². The van der Waals surface area contributed by atoms with Crippen molar-refractivity contribution in [1.82, 2.24) is 5.32 Å². The number of nitrogens with one attached hydrogen (secondary N) is 1. The van der Waals surface area contributed by atoms with Crippen molar-refractivity contribution in [2.45, 2.75) is 24.6 Å². The molecule has 1 aliphatic heterocycles. The maximum atomic E-state index is 11.8. The number of hydrogen-bond donors (Lipinski definition) is 1. The number of carbonyl (C=O) groups excluding carboxylic acids is 1. The van der Waals surface area contributed by atoms with Crippen molar-refractivity contribution in [3.8, 4) is 6.07 Å². The SMILES string of the molecule is N#Cc1cccc(CNC(=O)C2CCCS2)c1. The number of thioether (sulfide) groups is 1. The molecule has 17 heavy (non-hydrogen) atoms. The number of hydrogen-bond acceptors (Lipinski definition) is 3. The summed E-state index contributed by atoms with van der Waals surface area (Å²) in [6.07, 6.45) is 2.11. The summed E-state index contributed by atoms with van der Waals surface area (Å²) in [7, 11) is 0. The quantitative estimate of drug-likeness (QED) is 0.888. The highest BCUT2D eigenvalue weighted by atomic mass is 32.2. The highest BCUT2D eigenvalue weighted by molar-refractivity contribution is 8.00. The molecule has 88 valence electrons. The minimum atomic E-state index is 0.120. The first-order chi connectivity index (χ1) is 8.29. The zero-order valence-electron chi connectivity index (χ0n) is 9.48.